The normalized spacial score (nSPS) is 16.0. The molecule has 0 aliphatic heterocycles. The molecule has 1 N–H and O–H groups in total. The number of nitriles is 1. The number of benzene rings is 1. The van der Waals surface area contributed by atoms with E-state index in [2.05, 4.69) is 21.6 Å². The standard InChI is InChI=1S/C16H16N4O2S/c17-11-16(8-4-5-9-16)18-13(21)10-23-15-20-19-14(22-15)12-6-2-1-3-7-12/h1-3,6-7H,4-5,8-10H2,(H,18,21). The van der Waals surface area contributed by atoms with Crippen LogP contribution in [0.3, 0.4) is 0 Å². The van der Waals surface area contributed by atoms with E-state index in [1.807, 2.05) is 30.3 Å². The minimum absolute atomic E-state index is 0.153. The third kappa shape index (κ3) is 3.71. The number of aromatic nitrogens is 2. The molecule has 1 aliphatic carbocycles. The highest BCUT2D eigenvalue weighted by molar-refractivity contribution is 7.99. The van der Waals surface area contributed by atoms with Crippen molar-refractivity contribution in [2.45, 2.75) is 36.4 Å². The van der Waals surface area contributed by atoms with Crippen LogP contribution in [0.15, 0.2) is 40.0 Å². The fourth-order valence-electron chi connectivity index (χ4n) is 2.64. The van der Waals surface area contributed by atoms with Crippen molar-refractivity contribution in [3.05, 3.63) is 30.3 Å². The van der Waals surface area contributed by atoms with Gasteiger partial charge in [0.05, 0.1) is 11.8 Å². The van der Waals surface area contributed by atoms with Gasteiger partial charge < -0.3 is 9.73 Å². The lowest BCUT2D eigenvalue weighted by molar-refractivity contribution is -0.119. The molecule has 0 bridgehead atoms. The maximum atomic E-state index is 12.0. The monoisotopic (exact) mass is 328 g/mol. The number of hydrogen-bond donors (Lipinski definition) is 1. The Morgan fingerprint density at radius 1 is 1.30 bits per heavy atom. The average molecular weight is 328 g/mol. The summed E-state index contributed by atoms with van der Waals surface area (Å²) in [4.78, 5) is 12.0. The van der Waals surface area contributed by atoms with Crippen molar-refractivity contribution in [3.63, 3.8) is 0 Å². The Kier molecular flexibility index (Phi) is 4.63. The van der Waals surface area contributed by atoms with Gasteiger partial charge in [-0.25, -0.2) is 0 Å². The van der Waals surface area contributed by atoms with Gasteiger partial charge in [-0.05, 0) is 37.8 Å². The Hall–Kier alpha value is -2.33. The van der Waals surface area contributed by atoms with Gasteiger partial charge in [0.15, 0.2) is 0 Å². The van der Waals surface area contributed by atoms with Crippen LogP contribution in [0.5, 0.6) is 0 Å². The van der Waals surface area contributed by atoms with Gasteiger partial charge >= 0.3 is 0 Å². The molecule has 1 fully saturated rings. The SMILES string of the molecule is N#CC1(NC(=O)CSc2nnc(-c3ccccc3)o2)CCCC1. The highest BCUT2D eigenvalue weighted by Gasteiger charge is 2.35. The summed E-state index contributed by atoms with van der Waals surface area (Å²) in [5.41, 5.74) is 0.146. The molecule has 2 aromatic rings. The molecule has 6 nitrogen and oxygen atoms in total. The number of nitrogens with one attached hydrogen (secondary N) is 1. The third-order valence-electron chi connectivity index (χ3n) is 3.80. The van der Waals surface area contributed by atoms with E-state index in [0.29, 0.717) is 11.1 Å². The van der Waals surface area contributed by atoms with Crippen molar-refractivity contribution in [2.75, 3.05) is 5.75 Å². The predicted molar refractivity (Wildman–Crippen MR) is 85.4 cm³/mol. The van der Waals surface area contributed by atoms with Crippen molar-refractivity contribution in [3.8, 4) is 17.5 Å². The highest BCUT2D eigenvalue weighted by Crippen LogP contribution is 2.29. The molecule has 0 radical (unpaired) electrons. The van der Waals surface area contributed by atoms with Crippen LogP contribution in [0.4, 0.5) is 0 Å². The van der Waals surface area contributed by atoms with Crippen molar-refractivity contribution >= 4 is 17.7 Å². The van der Waals surface area contributed by atoms with E-state index in [1.165, 1.54) is 11.8 Å². The molecule has 1 saturated carbocycles. The summed E-state index contributed by atoms with van der Waals surface area (Å²) in [6.07, 6.45) is 3.40. The number of thioether (sulfide) groups is 1. The lowest BCUT2D eigenvalue weighted by Crippen LogP contribution is -2.45. The third-order valence-corrected chi connectivity index (χ3v) is 4.62. The molecular formula is C16H16N4O2S. The molecule has 0 spiro atoms. The zero-order chi connectivity index (χ0) is 16.1. The van der Waals surface area contributed by atoms with Crippen molar-refractivity contribution in [1.29, 1.82) is 5.26 Å². The fourth-order valence-corrected chi connectivity index (χ4v) is 3.20. The van der Waals surface area contributed by atoms with Gasteiger partial charge in [0.2, 0.25) is 11.8 Å². The molecule has 23 heavy (non-hydrogen) atoms. The lowest BCUT2D eigenvalue weighted by atomic mass is 10.0. The van der Waals surface area contributed by atoms with Gasteiger partial charge in [-0.15, -0.1) is 10.2 Å². The highest BCUT2D eigenvalue weighted by atomic mass is 32.2. The van der Waals surface area contributed by atoms with E-state index in [9.17, 15) is 10.1 Å². The van der Waals surface area contributed by atoms with Gasteiger partial charge in [-0.1, -0.05) is 30.0 Å². The average Bonchev–Trinajstić information content (AvgIpc) is 3.24. The van der Waals surface area contributed by atoms with Crippen LogP contribution in [-0.4, -0.2) is 27.4 Å². The minimum Gasteiger partial charge on any atom is -0.411 e. The van der Waals surface area contributed by atoms with Gasteiger partial charge in [0, 0.05) is 5.56 Å². The van der Waals surface area contributed by atoms with E-state index in [0.717, 1.165) is 31.2 Å². The Morgan fingerprint density at radius 3 is 2.74 bits per heavy atom. The van der Waals surface area contributed by atoms with E-state index in [4.69, 9.17) is 4.42 Å². The van der Waals surface area contributed by atoms with Crippen LogP contribution in [-0.2, 0) is 4.79 Å². The van der Waals surface area contributed by atoms with E-state index < -0.39 is 5.54 Å². The molecule has 0 unspecified atom stereocenters. The van der Waals surface area contributed by atoms with Gasteiger partial charge in [0.25, 0.3) is 5.22 Å². The molecule has 1 heterocycles. The second kappa shape index (κ2) is 6.84. The Morgan fingerprint density at radius 2 is 2.04 bits per heavy atom. The zero-order valence-electron chi connectivity index (χ0n) is 12.5. The van der Waals surface area contributed by atoms with Gasteiger partial charge in [0.1, 0.15) is 5.54 Å². The van der Waals surface area contributed by atoms with Crippen LogP contribution in [0.25, 0.3) is 11.5 Å². The first-order valence-electron chi connectivity index (χ1n) is 7.45. The topological polar surface area (TPSA) is 91.8 Å². The molecule has 1 aromatic heterocycles. The quantitative estimate of drug-likeness (QED) is 0.849. The summed E-state index contributed by atoms with van der Waals surface area (Å²) in [6.45, 7) is 0. The van der Waals surface area contributed by atoms with Crippen LogP contribution in [0.2, 0.25) is 0 Å². The molecule has 0 saturated heterocycles. The Labute approximate surface area is 138 Å². The van der Waals surface area contributed by atoms with Crippen molar-refractivity contribution in [2.24, 2.45) is 0 Å². The summed E-state index contributed by atoms with van der Waals surface area (Å²) < 4.78 is 5.54. The maximum Gasteiger partial charge on any atom is 0.277 e. The summed E-state index contributed by atoms with van der Waals surface area (Å²) in [7, 11) is 0. The lowest BCUT2D eigenvalue weighted by Gasteiger charge is -2.21. The van der Waals surface area contributed by atoms with Gasteiger partial charge in [-0.3, -0.25) is 4.79 Å². The molecule has 0 atom stereocenters. The summed E-state index contributed by atoms with van der Waals surface area (Å²) >= 11 is 1.17. The van der Waals surface area contributed by atoms with Crippen LogP contribution in [0.1, 0.15) is 25.7 Å². The minimum atomic E-state index is -0.693. The zero-order valence-corrected chi connectivity index (χ0v) is 13.3. The smallest absolute Gasteiger partial charge is 0.277 e. The van der Waals surface area contributed by atoms with Crippen LogP contribution < -0.4 is 5.32 Å². The number of hydrogen-bond acceptors (Lipinski definition) is 6. The Bertz CT molecular complexity index is 717. The van der Waals surface area contributed by atoms with Crippen molar-refractivity contribution in [1.82, 2.24) is 15.5 Å². The number of nitrogens with zero attached hydrogens (tertiary/aromatic N) is 3. The van der Waals surface area contributed by atoms with Crippen molar-refractivity contribution < 1.29 is 9.21 Å². The largest absolute Gasteiger partial charge is 0.411 e. The first-order chi connectivity index (χ1) is 11.2. The maximum absolute atomic E-state index is 12.0. The first kappa shape index (κ1) is 15.6. The van der Waals surface area contributed by atoms with E-state index in [1.54, 1.807) is 0 Å². The summed E-state index contributed by atoms with van der Waals surface area (Å²) in [5.74, 6) is 0.399. The summed E-state index contributed by atoms with van der Waals surface area (Å²) in [5, 5.41) is 20.4. The molecule has 1 aliphatic rings. The van der Waals surface area contributed by atoms with Crippen LogP contribution >= 0.6 is 11.8 Å². The fraction of sp³-hybridized carbons (Fsp3) is 0.375. The number of carbonyl (C=O) groups excluding carboxylic acids is 1. The van der Waals surface area contributed by atoms with E-state index >= 15 is 0 Å². The van der Waals surface area contributed by atoms with E-state index in [-0.39, 0.29) is 11.7 Å². The second-order valence-corrected chi connectivity index (χ2v) is 6.40. The Balaban J connectivity index is 1.56. The molecule has 1 aromatic carbocycles. The molecule has 3 rings (SSSR count). The number of amides is 1. The molecule has 118 valence electrons. The molecular weight excluding hydrogens is 312 g/mol. The van der Waals surface area contributed by atoms with Gasteiger partial charge in [-0.2, -0.15) is 5.26 Å². The summed E-state index contributed by atoms with van der Waals surface area (Å²) in [6, 6.07) is 11.7. The molecule has 7 heteroatoms. The molecule has 1 amide bonds. The number of carbonyl (C=O) groups is 1. The van der Waals surface area contributed by atoms with Crippen LogP contribution in [0, 0.1) is 11.3 Å². The predicted octanol–water partition coefficient (Wildman–Crippen LogP) is 2.78. The first-order valence-corrected chi connectivity index (χ1v) is 8.43. The second-order valence-electron chi connectivity index (χ2n) is 5.48. The number of rotatable bonds is 5.